The molecule has 0 unspecified atom stereocenters. The Kier molecular flexibility index (Phi) is 4.23. The summed E-state index contributed by atoms with van der Waals surface area (Å²) in [4.78, 5) is 11.2. The third-order valence-electron chi connectivity index (χ3n) is 2.72. The van der Waals surface area contributed by atoms with Crippen molar-refractivity contribution in [2.24, 2.45) is 5.41 Å². The highest BCUT2D eigenvalue weighted by Gasteiger charge is 2.41. The molecule has 1 N–H and O–H groups in total. The van der Waals surface area contributed by atoms with Crippen LogP contribution in [0.4, 0.5) is 0 Å². The molecule has 1 aliphatic carbocycles. The molecule has 1 fully saturated rings. The molecule has 1 amide bonds. The molecule has 0 bridgehead atoms. The van der Waals surface area contributed by atoms with Crippen molar-refractivity contribution in [3.63, 3.8) is 0 Å². The first kappa shape index (κ1) is 11.0. The third kappa shape index (κ3) is 3.67. The number of rotatable bonds is 6. The maximum Gasteiger partial charge on any atom is 0.220 e. The smallest absolute Gasteiger partial charge is 0.220 e. The van der Waals surface area contributed by atoms with Gasteiger partial charge in [0.05, 0.1) is 0 Å². The standard InChI is InChI=1S/C10H18BrNO/c1-2-3-9(13)12-8-10(4-5-10)6-7-11/h2-8H2,1H3,(H,12,13). The fourth-order valence-corrected chi connectivity index (χ4v) is 2.34. The van der Waals surface area contributed by atoms with Gasteiger partial charge in [-0.1, -0.05) is 22.9 Å². The summed E-state index contributed by atoms with van der Waals surface area (Å²) in [7, 11) is 0. The Morgan fingerprint density at radius 2 is 2.23 bits per heavy atom. The van der Waals surface area contributed by atoms with Crippen LogP contribution in [0.5, 0.6) is 0 Å². The lowest BCUT2D eigenvalue weighted by Crippen LogP contribution is -2.30. The van der Waals surface area contributed by atoms with Gasteiger partial charge in [-0.3, -0.25) is 4.79 Å². The Labute approximate surface area is 88.6 Å². The van der Waals surface area contributed by atoms with Crippen molar-refractivity contribution < 1.29 is 4.79 Å². The van der Waals surface area contributed by atoms with E-state index in [-0.39, 0.29) is 5.91 Å². The third-order valence-corrected chi connectivity index (χ3v) is 3.12. The van der Waals surface area contributed by atoms with Crippen LogP contribution in [-0.4, -0.2) is 17.8 Å². The summed E-state index contributed by atoms with van der Waals surface area (Å²) in [5.74, 6) is 0.211. The van der Waals surface area contributed by atoms with Gasteiger partial charge in [0.1, 0.15) is 0 Å². The Balaban J connectivity index is 2.14. The summed E-state index contributed by atoms with van der Waals surface area (Å²) >= 11 is 3.45. The SMILES string of the molecule is CCCC(=O)NCC1(CCBr)CC1. The minimum atomic E-state index is 0.211. The van der Waals surface area contributed by atoms with Gasteiger partial charge in [0.25, 0.3) is 0 Å². The Morgan fingerprint density at radius 1 is 1.54 bits per heavy atom. The van der Waals surface area contributed by atoms with Crippen molar-refractivity contribution in [3.8, 4) is 0 Å². The maximum atomic E-state index is 11.2. The van der Waals surface area contributed by atoms with Crippen LogP contribution in [0.3, 0.4) is 0 Å². The summed E-state index contributed by atoms with van der Waals surface area (Å²) in [6, 6.07) is 0. The minimum absolute atomic E-state index is 0.211. The van der Waals surface area contributed by atoms with Crippen molar-refractivity contribution in [1.82, 2.24) is 5.32 Å². The number of alkyl halides is 1. The van der Waals surface area contributed by atoms with Crippen LogP contribution in [0.15, 0.2) is 0 Å². The molecular formula is C10H18BrNO. The van der Waals surface area contributed by atoms with E-state index < -0.39 is 0 Å². The second-order valence-electron chi connectivity index (χ2n) is 3.97. The van der Waals surface area contributed by atoms with Crippen molar-refractivity contribution in [1.29, 1.82) is 0 Å². The second-order valence-corrected chi connectivity index (χ2v) is 4.76. The lowest BCUT2D eigenvalue weighted by molar-refractivity contribution is -0.121. The van der Waals surface area contributed by atoms with E-state index in [9.17, 15) is 4.79 Å². The number of hydrogen-bond donors (Lipinski definition) is 1. The van der Waals surface area contributed by atoms with E-state index in [1.807, 2.05) is 6.92 Å². The summed E-state index contributed by atoms with van der Waals surface area (Å²) in [6.07, 6.45) is 5.37. The van der Waals surface area contributed by atoms with Crippen molar-refractivity contribution in [2.45, 2.75) is 39.0 Å². The first-order chi connectivity index (χ1) is 6.22. The quantitative estimate of drug-likeness (QED) is 0.719. The van der Waals surface area contributed by atoms with Gasteiger partial charge in [-0.2, -0.15) is 0 Å². The van der Waals surface area contributed by atoms with Crippen LogP contribution < -0.4 is 5.32 Å². The van der Waals surface area contributed by atoms with Gasteiger partial charge in [0, 0.05) is 18.3 Å². The van der Waals surface area contributed by atoms with Gasteiger partial charge in [-0.05, 0) is 31.1 Å². The highest BCUT2D eigenvalue weighted by Crippen LogP contribution is 2.48. The molecule has 0 spiro atoms. The van der Waals surface area contributed by atoms with E-state index in [1.165, 1.54) is 19.3 Å². The summed E-state index contributed by atoms with van der Waals surface area (Å²) in [5.41, 5.74) is 0.451. The molecule has 0 aromatic heterocycles. The van der Waals surface area contributed by atoms with Crippen LogP contribution in [-0.2, 0) is 4.79 Å². The number of carbonyl (C=O) groups is 1. The lowest BCUT2D eigenvalue weighted by atomic mass is 10.0. The average molecular weight is 248 g/mol. The van der Waals surface area contributed by atoms with E-state index in [1.54, 1.807) is 0 Å². The molecule has 1 rings (SSSR count). The van der Waals surface area contributed by atoms with Crippen molar-refractivity contribution in [3.05, 3.63) is 0 Å². The van der Waals surface area contributed by atoms with E-state index >= 15 is 0 Å². The summed E-state index contributed by atoms with van der Waals surface area (Å²) in [6.45, 7) is 2.92. The fourth-order valence-electron chi connectivity index (χ4n) is 1.49. The fraction of sp³-hybridized carbons (Fsp3) is 0.900. The molecule has 0 aromatic carbocycles. The van der Waals surface area contributed by atoms with Gasteiger partial charge < -0.3 is 5.32 Å². The first-order valence-corrected chi connectivity index (χ1v) is 6.17. The van der Waals surface area contributed by atoms with Crippen LogP contribution in [0.2, 0.25) is 0 Å². The molecular weight excluding hydrogens is 230 g/mol. The number of carbonyl (C=O) groups excluding carboxylic acids is 1. The lowest BCUT2D eigenvalue weighted by Gasteiger charge is -2.13. The maximum absolute atomic E-state index is 11.2. The molecule has 13 heavy (non-hydrogen) atoms. The number of nitrogens with one attached hydrogen (secondary N) is 1. The molecule has 0 radical (unpaired) electrons. The monoisotopic (exact) mass is 247 g/mol. The second kappa shape index (κ2) is 4.99. The molecule has 76 valence electrons. The van der Waals surface area contributed by atoms with Gasteiger partial charge in [0.15, 0.2) is 0 Å². The van der Waals surface area contributed by atoms with Gasteiger partial charge >= 0.3 is 0 Å². The number of halogens is 1. The van der Waals surface area contributed by atoms with Gasteiger partial charge in [-0.25, -0.2) is 0 Å². The van der Waals surface area contributed by atoms with Crippen molar-refractivity contribution >= 4 is 21.8 Å². The van der Waals surface area contributed by atoms with Gasteiger partial charge in [-0.15, -0.1) is 0 Å². The Hall–Kier alpha value is -0.0500. The molecule has 1 aliphatic rings. The molecule has 0 saturated heterocycles. The average Bonchev–Trinajstić information content (AvgIpc) is 2.84. The van der Waals surface area contributed by atoms with E-state index in [0.29, 0.717) is 11.8 Å². The van der Waals surface area contributed by atoms with Gasteiger partial charge in [0.2, 0.25) is 5.91 Å². The zero-order valence-corrected chi connectivity index (χ0v) is 9.82. The summed E-state index contributed by atoms with van der Waals surface area (Å²) < 4.78 is 0. The molecule has 0 heterocycles. The van der Waals surface area contributed by atoms with E-state index in [4.69, 9.17) is 0 Å². The molecule has 3 heteroatoms. The highest BCUT2D eigenvalue weighted by atomic mass is 79.9. The molecule has 1 saturated carbocycles. The van der Waals surface area contributed by atoms with Crippen LogP contribution in [0, 0.1) is 5.41 Å². The van der Waals surface area contributed by atoms with Crippen LogP contribution >= 0.6 is 15.9 Å². The predicted octanol–water partition coefficient (Wildman–Crippen LogP) is 2.47. The first-order valence-electron chi connectivity index (χ1n) is 5.05. The largest absolute Gasteiger partial charge is 0.356 e. The molecule has 0 atom stereocenters. The zero-order chi connectivity index (χ0) is 9.73. The molecule has 2 nitrogen and oxygen atoms in total. The normalized spacial score (nSPS) is 18.3. The Morgan fingerprint density at radius 3 is 2.69 bits per heavy atom. The van der Waals surface area contributed by atoms with Crippen molar-refractivity contribution in [2.75, 3.05) is 11.9 Å². The minimum Gasteiger partial charge on any atom is -0.356 e. The molecule has 0 aromatic rings. The highest BCUT2D eigenvalue weighted by molar-refractivity contribution is 9.09. The van der Waals surface area contributed by atoms with E-state index in [2.05, 4.69) is 21.2 Å². The zero-order valence-electron chi connectivity index (χ0n) is 8.24. The summed E-state index contributed by atoms with van der Waals surface area (Å²) in [5, 5.41) is 4.06. The van der Waals surface area contributed by atoms with E-state index in [0.717, 1.165) is 18.3 Å². The predicted molar refractivity (Wildman–Crippen MR) is 58.0 cm³/mol. The number of amides is 1. The Bertz CT molecular complexity index is 178. The topological polar surface area (TPSA) is 29.1 Å². The van der Waals surface area contributed by atoms with Crippen LogP contribution in [0.25, 0.3) is 0 Å². The number of hydrogen-bond acceptors (Lipinski definition) is 1. The van der Waals surface area contributed by atoms with Crippen LogP contribution in [0.1, 0.15) is 39.0 Å². The molecule has 0 aliphatic heterocycles.